The van der Waals surface area contributed by atoms with Crippen molar-refractivity contribution in [3.05, 3.63) is 58.1 Å². The molecule has 0 saturated carbocycles. The van der Waals surface area contributed by atoms with E-state index in [1.165, 1.54) is 17.7 Å². The van der Waals surface area contributed by atoms with Gasteiger partial charge in [-0.3, -0.25) is 4.99 Å². The third kappa shape index (κ3) is 3.46. The Morgan fingerprint density at radius 3 is 2.76 bits per heavy atom. The number of benzene rings is 2. The van der Waals surface area contributed by atoms with E-state index in [-0.39, 0.29) is 5.54 Å². The van der Waals surface area contributed by atoms with Gasteiger partial charge in [0, 0.05) is 29.0 Å². The minimum Gasteiger partial charge on any atom is -0.366 e. The van der Waals surface area contributed by atoms with Crippen LogP contribution in [0.2, 0.25) is 5.02 Å². The standard InChI is InChI=1S/C22H27ClN2/c1-6-25-21-11-10-17(12-18(21)15(2)13-22(25,4)5)14-24-20-9-7-8-19(23)16(20)3/h7-12,14-15H,6,13H2,1-5H3. The van der Waals surface area contributed by atoms with Crippen molar-refractivity contribution in [3.8, 4) is 0 Å². The normalized spacial score (nSPS) is 19.3. The summed E-state index contributed by atoms with van der Waals surface area (Å²) in [5.74, 6) is 0.550. The first-order chi connectivity index (χ1) is 11.8. The van der Waals surface area contributed by atoms with Crippen molar-refractivity contribution >= 4 is 29.2 Å². The molecule has 132 valence electrons. The van der Waals surface area contributed by atoms with E-state index in [0.717, 1.165) is 28.4 Å². The van der Waals surface area contributed by atoms with Crippen molar-refractivity contribution in [1.82, 2.24) is 0 Å². The molecule has 2 aromatic rings. The Bertz CT molecular complexity index is 808. The molecule has 2 nitrogen and oxygen atoms in total. The number of hydrogen-bond donors (Lipinski definition) is 0. The van der Waals surface area contributed by atoms with Crippen molar-refractivity contribution in [1.29, 1.82) is 0 Å². The van der Waals surface area contributed by atoms with E-state index in [1.54, 1.807) is 0 Å². The van der Waals surface area contributed by atoms with Crippen molar-refractivity contribution in [2.24, 2.45) is 4.99 Å². The van der Waals surface area contributed by atoms with Gasteiger partial charge in [-0.1, -0.05) is 30.7 Å². The van der Waals surface area contributed by atoms with E-state index in [2.05, 4.69) is 55.8 Å². The van der Waals surface area contributed by atoms with Crippen LogP contribution in [-0.4, -0.2) is 18.3 Å². The van der Waals surface area contributed by atoms with Crippen molar-refractivity contribution in [2.75, 3.05) is 11.4 Å². The minimum absolute atomic E-state index is 0.203. The third-order valence-electron chi connectivity index (χ3n) is 5.32. The summed E-state index contributed by atoms with van der Waals surface area (Å²) in [5, 5.41) is 0.759. The molecule has 1 unspecified atom stereocenters. The molecule has 0 saturated heterocycles. The molecule has 3 rings (SSSR count). The van der Waals surface area contributed by atoms with Gasteiger partial charge >= 0.3 is 0 Å². The number of fused-ring (bicyclic) bond motifs is 1. The molecular weight excluding hydrogens is 328 g/mol. The fourth-order valence-electron chi connectivity index (χ4n) is 4.07. The van der Waals surface area contributed by atoms with Gasteiger partial charge in [0.15, 0.2) is 0 Å². The summed E-state index contributed by atoms with van der Waals surface area (Å²) in [6, 6.07) is 12.6. The lowest BCUT2D eigenvalue weighted by Gasteiger charge is -2.47. The molecule has 3 heteroatoms. The quantitative estimate of drug-likeness (QED) is 0.573. The molecular formula is C22H27ClN2. The van der Waals surface area contributed by atoms with Gasteiger partial charge in [0.25, 0.3) is 0 Å². The Labute approximate surface area is 156 Å². The van der Waals surface area contributed by atoms with Crippen molar-refractivity contribution < 1.29 is 0 Å². The Hall–Kier alpha value is -1.80. The fraction of sp³-hybridized carbons (Fsp3) is 0.409. The molecule has 0 radical (unpaired) electrons. The number of anilines is 1. The van der Waals surface area contributed by atoms with Crippen LogP contribution in [0.25, 0.3) is 0 Å². The summed E-state index contributed by atoms with van der Waals surface area (Å²) in [6.45, 7) is 12.3. The molecule has 1 aliphatic heterocycles. The summed E-state index contributed by atoms with van der Waals surface area (Å²) in [5.41, 5.74) is 6.07. The summed E-state index contributed by atoms with van der Waals surface area (Å²) in [6.07, 6.45) is 3.11. The molecule has 0 fully saturated rings. The van der Waals surface area contributed by atoms with E-state index in [4.69, 9.17) is 11.6 Å². The number of nitrogens with zero attached hydrogens (tertiary/aromatic N) is 2. The van der Waals surface area contributed by atoms with E-state index in [1.807, 2.05) is 31.3 Å². The van der Waals surface area contributed by atoms with Crippen LogP contribution in [0.3, 0.4) is 0 Å². The first-order valence-corrected chi connectivity index (χ1v) is 9.42. The molecule has 0 aromatic heterocycles. The molecule has 1 heterocycles. The molecule has 0 bridgehead atoms. The highest BCUT2D eigenvalue weighted by molar-refractivity contribution is 6.31. The number of rotatable bonds is 3. The molecule has 0 spiro atoms. The second kappa shape index (κ2) is 6.84. The van der Waals surface area contributed by atoms with Crippen LogP contribution in [0.15, 0.2) is 41.4 Å². The molecule has 1 aliphatic rings. The van der Waals surface area contributed by atoms with Gasteiger partial charge in [-0.2, -0.15) is 0 Å². The second-order valence-corrected chi connectivity index (χ2v) is 8.03. The molecule has 0 amide bonds. The lowest BCUT2D eigenvalue weighted by Crippen LogP contribution is -2.48. The zero-order chi connectivity index (χ0) is 18.2. The van der Waals surface area contributed by atoms with Crippen LogP contribution < -0.4 is 4.90 Å². The molecule has 1 atom stereocenters. The molecule has 25 heavy (non-hydrogen) atoms. The van der Waals surface area contributed by atoms with Crippen LogP contribution in [-0.2, 0) is 0 Å². The molecule has 0 N–H and O–H groups in total. The first-order valence-electron chi connectivity index (χ1n) is 9.04. The smallest absolute Gasteiger partial charge is 0.0673 e. The maximum atomic E-state index is 6.19. The largest absolute Gasteiger partial charge is 0.366 e. The average molecular weight is 355 g/mol. The van der Waals surface area contributed by atoms with E-state index in [0.29, 0.717) is 5.92 Å². The van der Waals surface area contributed by atoms with Gasteiger partial charge in [-0.05, 0) is 81.0 Å². The monoisotopic (exact) mass is 354 g/mol. The first kappa shape index (κ1) is 18.0. The van der Waals surface area contributed by atoms with E-state index in [9.17, 15) is 0 Å². The topological polar surface area (TPSA) is 15.6 Å². The van der Waals surface area contributed by atoms with Crippen LogP contribution in [0.5, 0.6) is 0 Å². The van der Waals surface area contributed by atoms with Gasteiger partial charge in [0.2, 0.25) is 0 Å². The summed E-state index contributed by atoms with van der Waals surface area (Å²) in [4.78, 5) is 7.17. The van der Waals surface area contributed by atoms with Gasteiger partial charge in [0.05, 0.1) is 5.69 Å². The zero-order valence-electron chi connectivity index (χ0n) is 15.8. The predicted octanol–water partition coefficient (Wildman–Crippen LogP) is 6.51. The van der Waals surface area contributed by atoms with Gasteiger partial charge in [-0.25, -0.2) is 0 Å². The second-order valence-electron chi connectivity index (χ2n) is 7.62. The van der Waals surface area contributed by atoms with Crippen molar-refractivity contribution in [3.63, 3.8) is 0 Å². The van der Waals surface area contributed by atoms with Crippen LogP contribution >= 0.6 is 11.6 Å². The van der Waals surface area contributed by atoms with Crippen molar-refractivity contribution in [2.45, 2.75) is 52.5 Å². The Morgan fingerprint density at radius 2 is 2.04 bits per heavy atom. The SMILES string of the molecule is CCN1c2ccc(C=Nc3cccc(Cl)c3C)cc2C(C)CC1(C)C. The highest BCUT2D eigenvalue weighted by Crippen LogP contribution is 2.43. The Morgan fingerprint density at radius 1 is 1.28 bits per heavy atom. The number of aliphatic imine (C=N–C) groups is 1. The van der Waals surface area contributed by atoms with Crippen LogP contribution in [0.1, 0.15) is 56.7 Å². The molecule has 2 aromatic carbocycles. The minimum atomic E-state index is 0.203. The lowest BCUT2D eigenvalue weighted by atomic mass is 9.79. The zero-order valence-corrected chi connectivity index (χ0v) is 16.6. The van der Waals surface area contributed by atoms with Gasteiger partial charge in [-0.15, -0.1) is 0 Å². The predicted molar refractivity (Wildman–Crippen MR) is 110 cm³/mol. The fourth-order valence-corrected chi connectivity index (χ4v) is 4.24. The average Bonchev–Trinajstić information content (AvgIpc) is 2.56. The third-order valence-corrected chi connectivity index (χ3v) is 5.73. The molecule has 0 aliphatic carbocycles. The highest BCUT2D eigenvalue weighted by atomic mass is 35.5. The maximum Gasteiger partial charge on any atom is 0.0673 e. The van der Waals surface area contributed by atoms with Gasteiger partial charge < -0.3 is 4.90 Å². The summed E-state index contributed by atoms with van der Waals surface area (Å²) in [7, 11) is 0. The van der Waals surface area contributed by atoms with Gasteiger partial charge in [0.1, 0.15) is 0 Å². The number of halogens is 1. The van der Waals surface area contributed by atoms with Crippen LogP contribution in [0.4, 0.5) is 11.4 Å². The summed E-state index contributed by atoms with van der Waals surface area (Å²) >= 11 is 6.19. The summed E-state index contributed by atoms with van der Waals surface area (Å²) < 4.78 is 0. The highest BCUT2D eigenvalue weighted by Gasteiger charge is 2.35. The van der Waals surface area contributed by atoms with Crippen LogP contribution in [0, 0.1) is 6.92 Å². The van der Waals surface area contributed by atoms with E-state index >= 15 is 0 Å². The lowest BCUT2D eigenvalue weighted by molar-refractivity contribution is 0.381. The Kier molecular flexibility index (Phi) is 4.92. The maximum absolute atomic E-state index is 6.19. The van der Waals surface area contributed by atoms with E-state index < -0.39 is 0 Å². The Balaban J connectivity index is 1.95. The number of hydrogen-bond acceptors (Lipinski definition) is 2.